The van der Waals surface area contributed by atoms with Crippen molar-refractivity contribution in [2.24, 2.45) is 0 Å². The number of carbonyl (C=O) groups excluding carboxylic acids is 2. The molecule has 3 rings (SSSR count). The maximum absolute atomic E-state index is 13.4. The molecule has 6 nitrogen and oxygen atoms in total. The number of fused-ring (bicyclic) bond motifs is 1. The number of rotatable bonds is 3. The Morgan fingerprint density at radius 2 is 2.00 bits per heavy atom. The number of ether oxygens (including phenoxy) is 1. The van der Waals surface area contributed by atoms with E-state index in [2.05, 4.69) is 45.7 Å². The highest BCUT2D eigenvalue weighted by Crippen LogP contribution is 2.29. The van der Waals surface area contributed by atoms with Crippen molar-refractivity contribution in [2.75, 3.05) is 13.1 Å². The zero-order chi connectivity index (χ0) is 21.3. The van der Waals surface area contributed by atoms with Crippen molar-refractivity contribution >= 4 is 38.8 Å². The van der Waals surface area contributed by atoms with Gasteiger partial charge in [-0.25, -0.2) is 4.79 Å². The maximum atomic E-state index is 13.4. The molecule has 1 unspecified atom stereocenters. The van der Waals surface area contributed by atoms with E-state index in [9.17, 15) is 9.59 Å². The molecule has 0 radical (unpaired) electrons. The smallest absolute Gasteiger partial charge is 0.407 e. The van der Waals surface area contributed by atoms with E-state index < -0.39 is 11.7 Å². The number of likely N-dealkylation sites (tertiary alicyclic amines) is 1. The summed E-state index contributed by atoms with van der Waals surface area (Å²) in [6, 6.07) is 6.15. The van der Waals surface area contributed by atoms with Gasteiger partial charge in [-0.2, -0.15) is 0 Å². The van der Waals surface area contributed by atoms with Crippen LogP contribution < -0.4 is 5.32 Å². The highest BCUT2D eigenvalue weighted by atomic mass is 79.9. The van der Waals surface area contributed by atoms with Crippen molar-refractivity contribution in [1.29, 1.82) is 0 Å². The molecular weight excluding hydrogens is 434 g/mol. The van der Waals surface area contributed by atoms with E-state index in [-0.39, 0.29) is 18.0 Å². The highest BCUT2D eigenvalue weighted by Gasteiger charge is 2.29. The molecular formula is C22H30BrN3O3. The van der Waals surface area contributed by atoms with Crippen LogP contribution in [0.25, 0.3) is 10.9 Å². The minimum atomic E-state index is -0.540. The summed E-state index contributed by atoms with van der Waals surface area (Å²) in [6.07, 6.45) is 3.21. The molecule has 158 valence electrons. The number of nitrogens with zero attached hydrogens (tertiary/aromatic N) is 2. The Morgan fingerprint density at radius 3 is 2.66 bits per heavy atom. The monoisotopic (exact) mass is 463 g/mol. The Balaban J connectivity index is 1.79. The van der Waals surface area contributed by atoms with Gasteiger partial charge >= 0.3 is 6.09 Å². The zero-order valence-corrected chi connectivity index (χ0v) is 19.4. The van der Waals surface area contributed by atoms with Crippen LogP contribution in [0.1, 0.15) is 63.9 Å². The third-order valence-electron chi connectivity index (χ3n) is 5.01. The molecule has 2 heterocycles. The molecule has 2 aromatic rings. The first kappa shape index (κ1) is 21.7. The van der Waals surface area contributed by atoms with Crippen LogP contribution in [-0.2, 0) is 4.74 Å². The van der Waals surface area contributed by atoms with Gasteiger partial charge in [0.1, 0.15) is 5.60 Å². The van der Waals surface area contributed by atoms with E-state index in [4.69, 9.17) is 4.74 Å². The predicted octanol–water partition coefficient (Wildman–Crippen LogP) is 5.11. The number of aromatic nitrogens is 1. The lowest BCUT2D eigenvalue weighted by Crippen LogP contribution is -2.50. The second-order valence-corrected chi connectivity index (χ2v) is 9.86. The van der Waals surface area contributed by atoms with Gasteiger partial charge in [-0.15, -0.1) is 0 Å². The van der Waals surface area contributed by atoms with Crippen LogP contribution in [0.2, 0.25) is 0 Å². The Labute approximate surface area is 180 Å². The van der Waals surface area contributed by atoms with Crippen molar-refractivity contribution < 1.29 is 14.3 Å². The second-order valence-electron chi connectivity index (χ2n) is 8.94. The first-order valence-electron chi connectivity index (χ1n) is 10.1. The molecule has 1 aromatic heterocycles. The third kappa shape index (κ3) is 5.13. The van der Waals surface area contributed by atoms with Gasteiger partial charge in [0.05, 0.1) is 11.1 Å². The third-order valence-corrected chi connectivity index (χ3v) is 5.51. The van der Waals surface area contributed by atoms with Gasteiger partial charge in [0.15, 0.2) is 0 Å². The number of hydrogen-bond donors (Lipinski definition) is 1. The lowest BCUT2D eigenvalue weighted by Gasteiger charge is -2.33. The van der Waals surface area contributed by atoms with Crippen LogP contribution in [0.5, 0.6) is 0 Å². The normalized spacial score (nSPS) is 17.6. The summed E-state index contributed by atoms with van der Waals surface area (Å²) in [5.74, 6) is 0.00686. The van der Waals surface area contributed by atoms with Gasteiger partial charge in [0.2, 0.25) is 0 Å². The van der Waals surface area contributed by atoms with E-state index in [1.807, 2.05) is 44.0 Å². The average molecular weight is 464 g/mol. The number of alkyl carbamates (subject to hydrolysis) is 1. The number of amides is 2. The van der Waals surface area contributed by atoms with E-state index in [1.165, 1.54) is 0 Å². The van der Waals surface area contributed by atoms with Gasteiger partial charge in [-0.1, -0.05) is 22.0 Å². The summed E-state index contributed by atoms with van der Waals surface area (Å²) in [6.45, 7) is 10.9. The van der Waals surface area contributed by atoms with Gasteiger partial charge < -0.3 is 19.5 Å². The summed E-state index contributed by atoms with van der Waals surface area (Å²) >= 11 is 3.53. The quantitative estimate of drug-likeness (QED) is 0.687. The number of nitrogens with one attached hydrogen (secondary N) is 1. The molecule has 1 N–H and O–H groups in total. The average Bonchev–Trinajstić information content (AvgIpc) is 2.98. The lowest BCUT2D eigenvalue weighted by molar-refractivity contribution is 0.0452. The fraction of sp³-hybridized carbons (Fsp3) is 0.545. The highest BCUT2D eigenvalue weighted by molar-refractivity contribution is 9.10. The van der Waals surface area contributed by atoms with Gasteiger partial charge in [-0.3, -0.25) is 4.79 Å². The standard InChI is InChI=1S/C22H30BrN3O3/c1-14(2)26-13-18(17-9-8-15(23)11-19(17)26)20(27)25-10-6-7-16(12-25)24-21(28)29-22(3,4)5/h8-9,11,13-14,16H,6-7,10,12H2,1-5H3,(H,24,28). The molecule has 1 aromatic carbocycles. The molecule has 1 atom stereocenters. The molecule has 1 saturated heterocycles. The molecule has 0 aliphatic carbocycles. The van der Waals surface area contributed by atoms with Gasteiger partial charge in [0.25, 0.3) is 5.91 Å². The van der Waals surface area contributed by atoms with Crippen molar-refractivity contribution in [3.63, 3.8) is 0 Å². The molecule has 29 heavy (non-hydrogen) atoms. The van der Waals surface area contributed by atoms with Crippen LogP contribution in [0.15, 0.2) is 28.9 Å². The number of carbonyl (C=O) groups is 2. The van der Waals surface area contributed by atoms with E-state index in [0.717, 1.165) is 28.2 Å². The minimum absolute atomic E-state index is 0.00686. The van der Waals surface area contributed by atoms with E-state index in [0.29, 0.717) is 18.7 Å². The van der Waals surface area contributed by atoms with E-state index in [1.54, 1.807) is 0 Å². The topological polar surface area (TPSA) is 63.6 Å². The van der Waals surface area contributed by atoms with Crippen molar-refractivity contribution in [1.82, 2.24) is 14.8 Å². The lowest BCUT2D eigenvalue weighted by atomic mass is 10.0. The molecule has 0 saturated carbocycles. The summed E-state index contributed by atoms with van der Waals surface area (Å²) in [7, 11) is 0. The summed E-state index contributed by atoms with van der Waals surface area (Å²) in [5, 5.41) is 3.87. The fourth-order valence-corrected chi connectivity index (χ4v) is 4.09. The predicted molar refractivity (Wildman–Crippen MR) is 118 cm³/mol. The van der Waals surface area contributed by atoms with Crippen LogP contribution in [0.3, 0.4) is 0 Å². The van der Waals surface area contributed by atoms with Crippen LogP contribution in [0, 0.1) is 0 Å². The number of piperidine rings is 1. The molecule has 2 amide bonds. The molecule has 1 aliphatic rings. The SMILES string of the molecule is CC(C)n1cc(C(=O)N2CCCC(NC(=O)OC(C)(C)C)C2)c2ccc(Br)cc21. The van der Waals surface area contributed by atoms with Crippen molar-refractivity contribution in [3.05, 3.63) is 34.4 Å². The Morgan fingerprint density at radius 1 is 1.28 bits per heavy atom. The van der Waals surface area contributed by atoms with Crippen LogP contribution in [-0.4, -0.2) is 46.2 Å². The number of halogens is 1. The molecule has 7 heteroatoms. The van der Waals surface area contributed by atoms with Crippen molar-refractivity contribution in [2.45, 2.75) is 65.1 Å². The Bertz CT molecular complexity index is 914. The zero-order valence-electron chi connectivity index (χ0n) is 17.8. The fourth-order valence-electron chi connectivity index (χ4n) is 3.75. The van der Waals surface area contributed by atoms with Gasteiger partial charge in [0, 0.05) is 41.2 Å². The van der Waals surface area contributed by atoms with E-state index >= 15 is 0 Å². The minimum Gasteiger partial charge on any atom is -0.444 e. The largest absolute Gasteiger partial charge is 0.444 e. The first-order chi connectivity index (χ1) is 13.5. The maximum Gasteiger partial charge on any atom is 0.407 e. The Hall–Kier alpha value is -2.02. The second kappa shape index (κ2) is 8.38. The molecule has 0 bridgehead atoms. The van der Waals surface area contributed by atoms with Crippen LogP contribution in [0.4, 0.5) is 4.79 Å². The van der Waals surface area contributed by atoms with Gasteiger partial charge in [-0.05, 0) is 59.6 Å². The number of hydrogen-bond acceptors (Lipinski definition) is 3. The molecule has 0 spiro atoms. The number of benzene rings is 1. The van der Waals surface area contributed by atoms with Crippen molar-refractivity contribution in [3.8, 4) is 0 Å². The summed E-state index contributed by atoms with van der Waals surface area (Å²) < 4.78 is 8.48. The molecule has 1 fully saturated rings. The Kier molecular flexibility index (Phi) is 6.27. The van der Waals surface area contributed by atoms with Crippen LogP contribution >= 0.6 is 15.9 Å². The first-order valence-corrected chi connectivity index (χ1v) is 10.9. The summed E-state index contributed by atoms with van der Waals surface area (Å²) in [5.41, 5.74) is 1.21. The summed E-state index contributed by atoms with van der Waals surface area (Å²) in [4.78, 5) is 27.3. The molecule has 1 aliphatic heterocycles.